The lowest BCUT2D eigenvalue weighted by molar-refractivity contribution is -0.139. The molecule has 0 aromatic heterocycles. The van der Waals surface area contributed by atoms with Crippen molar-refractivity contribution in [3.63, 3.8) is 0 Å². The van der Waals surface area contributed by atoms with E-state index in [2.05, 4.69) is 5.32 Å². The van der Waals surface area contributed by atoms with E-state index in [1.54, 1.807) is 32.9 Å². The van der Waals surface area contributed by atoms with E-state index < -0.39 is 11.5 Å². The maximum atomic E-state index is 12.9. The van der Waals surface area contributed by atoms with Crippen LogP contribution in [0.3, 0.4) is 0 Å². The molecule has 1 aromatic rings. The second kappa shape index (κ2) is 7.96. The zero-order valence-corrected chi connectivity index (χ0v) is 16.0. The molecule has 144 valence electrons. The Balaban J connectivity index is 2.01. The van der Waals surface area contributed by atoms with Crippen LogP contribution in [0.1, 0.15) is 46.1 Å². The Morgan fingerprint density at radius 2 is 1.59 bits per heavy atom. The Labute approximate surface area is 158 Å². The van der Waals surface area contributed by atoms with Crippen LogP contribution in [0.25, 0.3) is 0 Å². The maximum Gasteiger partial charge on any atom is 0.251 e. The molecule has 0 saturated heterocycles. The minimum Gasteiger partial charge on any atom is -0.380 e. The van der Waals surface area contributed by atoms with Gasteiger partial charge in [0.1, 0.15) is 11.4 Å². The molecule has 5 nitrogen and oxygen atoms in total. The summed E-state index contributed by atoms with van der Waals surface area (Å²) in [6, 6.07) is 5.67. The summed E-state index contributed by atoms with van der Waals surface area (Å²) in [4.78, 5) is 36.9. The van der Waals surface area contributed by atoms with Gasteiger partial charge < -0.3 is 10.4 Å². The minimum atomic E-state index is -1.71. The summed E-state index contributed by atoms with van der Waals surface area (Å²) in [5.74, 6) is -1.36. The van der Waals surface area contributed by atoms with Crippen LogP contribution in [0, 0.1) is 5.82 Å². The third kappa shape index (κ3) is 4.57. The number of Topliss-reactive ketones (excluding diaryl/α,β-unsaturated/α-hetero) is 2. The summed E-state index contributed by atoms with van der Waals surface area (Å²) in [6.07, 6.45) is 0.123. The molecule has 6 heteroatoms. The molecule has 0 bridgehead atoms. The van der Waals surface area contributed by atoms with Crippen molar-refractivity contribution in [2.75, 3.05) is 0 Å². The number of carbonyl (C=O) groups is 3. The van der Waals surface area contributed by atoms with Gasteiger partial charge in [-0.3, -0.25) is 14.4 Å². The van der Waals surface area contributed by atoms with E-state index in [1.807, 2.05) is 0 Å². The van der Waals surface area contributed by atoms with E-state index in [4.69, 9.17) is 0 Å². The van der Waals surface area contributed by atoms with Crippen molar-refractivity contribution in [1.29, 1.82) is 0 Å². The van der Waals surface area contributed by atoms with Crippen LogP contribution in [0.2, 0.25) is 0 Å². The zero-order chi connectivity index (χ0) is 20.4. The lowest BCUT2D eigenvalue weighted by atomic mass is 9.82. The molecule has 0 fully saturated rings. The highest BCUT2D eigenvalue weighted by atomic mass is 19.1. The van der Waals surface area contributed by atoms with E-state index in [0.29, 0.717) is 27.9 Å². The van der Waals surface area contributed by atoms with Gasteiger partial charge in [-0.25, -0.2) is 4.39 Å². The first kappa shape index (κ1) is 20.7. The average molecular weight is 373 g/mol. The molecule has 2 rings (SSSR count). The fourth-order valence-electron chi connectivity index (χ4n) is 2.91. The number of nitrogens with one attached hydrogen (secondary N) is 1. The van der Waals surface area contributed by atoms with Crippen LogP contribution >= 0.6 is 0 Å². The lowest BCUT2D eigenvalue weighted by Crippen LogP contribution is -2.44. The van der Waals surface area contributed by atoms with Crippen molar-refractivity contribution >= 4 is 17.5 Å². The molecule has 1 aromatic carbocycles. The molecule has 0 spiro atoms. The number of hydrogen-bond acceptors (Lipinski definition) is 4. The molecule has 0 heterocycles. The lowest BCUT2D eigenvalue weighted by Gasteiger charge is -2.25. The number of carbonyl (C=O) groups excluding carboxylic acids is 3. The van der Waals surface area contributed by atoms with Crippen molar-refractivity contribution in [3.05, 3.63) is 57.9 Å². The second-order valence-electron chi connectivity index (χ2n) is 7.09. The highest BCUT2D eigenvalue weighted by molar-refractivity contribution is 6.24. The number of rotatable bonds is 6. The predicted octanol–water partition coefficient (Wildman–Crippen LogP) is 2.78. The number of ketones is 2. The molecule has 2 N–H and O–H groups in total. The molecule has 1 amide bonds. The first-order valence-corrected chi connectivity index (χ1v) is 8.76. The predicted molar refractivity (Wildman–Crippen MR) is 99.2 cm³/mol. The minimum absolute atomic E-state index is 0.000270. The molecule has 0 aliphatic heterocycles. The van der Waals surface area contributed by atoms with Crippen LogP contribution in [-0.2, 0) is 20.9 Å². The Kier molecular flexibility index (Phi) is 6.11. The Bertz CT molecular complexity index is 847. The molecule has 1 aliphatic carbocycles. The first-order chi connectivity index (χ1) is 12.5. The SMILES string of the molecule is CC1=C(C)C(=O)C(CCC(C)(O)C(=O)NCc2ccc(F)cc2)=C(C)C1=O. The van der Waals surface area contributed by atoms with E-state index in [-0.39, 0.29) is 36.8 Å². The Morgan fingerprint density at radius 3 is 2.19 bits per heavy atom. The van der Waals surface area contributed by atoms with E-state index in [0.717, 1.165) is 0 Å². The molecule has 0 radical (unpaired) electrons. The molecule has 1 aliphatic rings. The number of allylic oxidation sites excluding steroid dienone is 4. The number of benzene rings is 1. The average Bonchev–Trinajstić information content (AvgIpc) is 2.64. The molecular formula is C21H24FNO4. The Hall–Kier alpha value is -2.60. The fraction of sp³-hybridized carbons (Fsp3) is 0.381. The zero-order valence-electron chi connectivity index (χ0n) is 16.0. The largest absolute Gasteiger partial charge is 0.380 e. The first-order valence-electron chi connectivity index (χ1n) is 8.76. The van der Waals surface area contributed by atoms with Crippen LogP contribution < -0.4 is 5.32 Å². The van der Waals surface area contributed by atoms with Crippen molar-refractivity contribution in [1.82, 2.24) is 5.32 Å². The molecule has 1 atom stereocenters. The van der Waals surface area contributed by atoms with Crippen LogP contribution in [0.5, 0.6) is 0 Å². The third-order valence-electron chi connectivity index (χ3n) is 5.03. The number of amides is 1. The van der Waals surface area contributed by atoms with E-state index in [9.17, 15) is 23.9 Å². The van der Waals surface area contributed by atoms with Gasteiger partial charge in [0.05, 0.1) is 0 Å². The molecular weight excluding hydrogens is 349 g/mol. The highest BCUT2D eigenvalue weighted by Crippen LogP contribution is 2.29. The quantitative estimate of drug-likeness (QED) is 0.751. The van der Waals surface area contributed by atoms with Gasteiger partial charge >= 0.3 is 0 Å². The smallest absolute Gasteiger partial charge is 0.251 e. The standard InChI is InChI=1S/C21H24FNO4/c1-12-13(2)19(25)17(14(3)18(12)24)9-10-21(4,27)20(26)23-11-15-5-7-16(22)8-6-15/h5-8,27H,9-11H2,1-4H3,(H,23,26). The topological polar surface area (TPSA) is 83.5 Å². The number of aliphatic hydroxyl groups is 1. The van der Waals surface area contributed by atoms with Crippen molar-refractivity contribution < 1.29 is 23.9 Å². The van der Waals surface area contributed by atoms with Gasteiger partial charge in [0.15, 0.2) is 11.6 Å². The summed E-state index contributed by atoms with van der Waals surface area (Å²) < 4.78 is 12.9. The van der Waals surface area contributed by atoms with Gasteiger partial charge in [0, 0.05) is 28.8 Å². The van der Waals surface area contributed by atoms with Crippen LogP contribution in [0.15, 0.2) is 46.6 Å². The van der Waals surface area contributed by atoms with Gasteiger partial charge in [0.2, 0.25) is 0 Å². The van der Waals surface area contributed by atoms with E-state index >= 15 is 0 Å². The molecule has 0 saturated carbocycles. The number of halogens is 1. The van der Waals surface area contributed by atoms with Gasteiger partial charge in [-0.1, -0.05) is 12.1 Å². The monoisotopic (exact) mass is 373 g/mol. The molecule has 27 heavy (non-hydrogen) atoms. The second-order valence-corrected chi connectivity index (χ2v) is 7.09. The number of hydrogen-bond donors (Lipinski definition) is 2. The van der Waals surface area contributed by atoms with Crippen molar-refractivity contribution in [2.24, 2.45) is 0 Å². The van der Waals surface area contributed by atoms with Crippen molar-refractivity contribution in [2.45, 2.75) is 52.7 Å². The maximum absolute atomic E-state index is 12.9. The summed E-state index contributed by atoms with van der Waals surface area (Å²) in [5, 5.41) is 13.1. The summed E-state index contributed by atoms with van der Waals surface area (Å²) in [6.45, 7) is 6.33. The van der Waals surface area contributed by atoms with Gasteiger partial charge in [-0.05, 0) is 58.2 Å². The third-order valence-corrected chi connectivity index (χ3v) is 5.03. The van der Waals surface area contributed by atoms with Crippen molar-refractivity contribution in [3.8, 4) is 0 Å². The Morgan fingerprint density at radius 1 is 1.04 bits per heavy atom. The summed E-state index contributed by atoms with van der Waals surface area (Å²) >= 11 is 0. The van der Waals surface area contributed by atoms with E-state index in [1.165, 1.54) is 19.1 Å². The molecule has 1 unspecified atom stereocenters. The fourth-order valence-corrected chi connectivity index (χ4v) is 2.91. The van der Waals surface area contributed by atoms with Crippen LogP contribution in [0.4, 0.5) is 4.39 Å². The highest BCUT2D eigenvalue weighted by Gasteiger charge is 2.33. The summed E-state index contributed by atoms with van der Waals surface area (Å²) in [7, 11) is 0. The van der Waals surface area contributed by atoms with Gasteiger partial charge in [0.25, 0.3) is 5.91 Å². The summed E-state index contributed by atoms with van der Waals surface area (Å²) in [5.41, 5.74) is 0.538. The van der Waals surface area contributed by atoms with Crippen LogP contribution in [-0.4, -0.2) is 28.2 Å². The van der Waals surface area contributed by atoms with Gasteiger partial charge in [-0.15, -0.1) is 0 Å². The van der Waals surface area contributed by atoms with Gasteiger partial charge in [-0.2, -0.15) is 0 Å². The normalized spacial score (nSPS) is 17.3.